The number of carbonyl (C=O) groups is 1. The van der Waals surface area contributed by atoms with E-state index in [1.165, 1.54) is 4.31 Å². The third-order valence-corrected chi connectivity index (χ3v) is 7.45. The maximum atomic E-state index is 13.0. The Hall–Kier alpha value is -2.38. The molecule has 0 N–H and O–H groups in total. The highest BCUT2D eigenvalue weighted by Crippen LogP contribution is 2.25. The van der Waals surface area contributed by atoms with E-state index >= 15 is 0 Å². The van der Waals surface area contributed by atoms with Crippen molar-refractivity contribution in [3.05, 3.63) is 59.7 Å². The van der Waals surface area contributed by atoms with Gasteiger partial charge in [0.05, 0.1) is 17.9 Å². The fraction of sp³-hybridized carbons (Fsp3) is 0.458. The van der Waals surface area contributed by atoms with Gasteiger partial charge in [0, 0.05) is 26.2 Å². The Kier molecular flexibility index (Phi) is 7.06. The molecule has 6 nitrogen and oxygen atoms in total. The quantitative estimate of drug-likeness (QED) is 0.684. The van der Waals surface area contributed by atoms with Crippen LogP contribution < -0.4 is 4.74 Å². The van der Waals surface area contributed by atoms with Gasteiger partial charge in [-0.15, -0.1) is 0 Å². The van der Waals surface area contributed by atoms with Crippen molar-refractivity contribution < 1.29 is 17.9 Å². The fourth-order valence-corrected chi connectivity index (χ4v) is 5.03. The lowest BCUT2D eigenvalue weighted by molar-refractivity contribution is -0.131. The van der Waals surface area contributed by atoms with E-state index in [9.17, 15) is 13.2 Å². The van der Waals surface area contributed by atoms with Crippen LogP contribution in [0, 0.1) is 0 Å². The Bertz CT molecular complexity index is 985. The zero-order valence-corrected chi connectivity index (χ0v) is 19.6. The molecule has 1 saturated heterocycles. The van der Waals surface area contributed by atoms with E-state index in [-0.39, 0.29) is 11.3 Å². The van der Waals surface area contributed by atoms with Crippen molar-refractivity contribution in [1.29, 1.82) is 0 Å². The molecular formula is C24H32N2O4S. The van der Waals surface area contributed by atoms with E-state index in [0.717, 1.165) is 16.9 Å². The van der Waals surface area contributed by atoms with Crippen LogP contribution in [0.25, 0.3) is 0 Å². The Morgan fingerprint density at radius 1 is 0.935 bits per heavy atom. The van der Waals surface area contributed by atoms with Gasteiger partial charge < -0.3 is 9.64 Å². The zero-order chi connectivity index (χ0) is 22.6. The summed E-state index contributed by atoms with van der Waals surface area (Å²) in [5.41, 5.74) is 1.98. The highest BCUT2D eigenvalue weighted by molar-refractivity contribution is 7.89. The topological polar surface area (TPSA) is 66.9 Å². The van der Waals surface area contributed by atoms with Crippen LogP contribution >= 0.6 is 0 Å². The average molecular weight is 445 g/mol. The number of hydrogen-bond acceptors (Lipinski definition) is 4. The van der Waals surface area contributed by atoms with Crippen LogP contribution in [0.5, 0.6) is 5.75 Å². The Labute approximate surface area is 185 Å². The molecule has 1 amide bonds. The molecule has 168 valence electrons. The summed E-state index contributed by atoms with van der Waals surface area (Å²) in [7, 11) is -3.56. The highest BCUT2D eigenvalue weighted by atomic mass is 32.2. The van der Waals surface area contributed by atoms with Crippen molar-refractivity contribution in [2.45, 2.75) is 44.4 Å². The van der Waals surface area contributed by atoms with Gasteiger partial charge in [0.1, 0.15) is 5.75 Å². The van der Waals surface area contributed by atoms with Crippen LogP contribution in [0.15, 0.2) is 53.4 Å². The summed E-state index contributed by atoms with van der Waals surface area (Å²) in [6.45, 7) is 10.2. The lowest BCUT2D eigenvalue weighted by Gasteiger charge is -2.34. The molecule has 0 spiro atoms. The monoisotopic (exact) mass is 444 g/mol. The van der Waals surface area contributed by atoms with Gasteiger partial charge in [0.15, 0.2) is 0 Å². The summed E-state index contributed by atoms with van der Waals surface area (Å²) >= 11 is 0. The van der Waals surface area contributed by atoms with Gasteiger partial charge in [-0.05, 0) is 47.7 Å². The largest absolute Gasteiger partial charge is 0.494 e. The van der Waals surface area contributed by atoms with Crippen LogP contribution in [-0.4, -0.2) is 56.3 Å². The molecule has 0 bridgehead atoms. The molecule has 1 fully saturated rings. The van der Waals surface area contributed by atoms with Crippen LogP contribution in [-0.2, 0) is 26.7 Å². The lowest BCUT2D eigenvalue weighted by Crippen LogP contribution is -2.50. The number of nitrogens with zero attached hydrogens (tertiary/aromatic N) is 2. The smallest absolute Gasteiger partial charge is 0.243 e. The minimum absolute atomic E-state index is 0.00994. The molecule has 3 rings (SSSR count). The summed E-state index contributed by atoms with van der Waals surface area (Å²) in [4.78, 5) is 14.7. The molecule has 0 unspecified atom stereocenters. The number of carbonyl (C=O) groups excluding carboxylic acids is 1. The third-order valence-electron chi connectivity index (χ3n) is 5.54. The van der Waals surface area contributed by atoms with E-state index in [1.54, 1.807) is 17.0 Å². The van der Waals surface area contributed by atoms with Gasteiger partial charge >= 0.3 is 0 Å². The van der Waals surface area contributed by atoms with Crippen molar-refractivity contribution in [2.24, 2.45) is 0 Å². The molecule has 1 aliphatic rings. The zero-order valence-electron chi connectivity index (χ0n) is 18.8. The van der Waals surface area contributed by atoms with Crippen molar-refractivity contribution in [3.63, 3.8) is 0 Å². The first kappa shape index (κ1) is 23.3. The van der Waals surface area contributed by atoms with Gasteiger partial charge in [-0.2, -0.15) is 4.31 Å². The SMILES string of the molecule is CCOc1ccc(CC(=O)N2CCN(S(=O)(=O)c3ccc(C(C)(C)C)cc3)CC2)cc1. The predicted molar refractivity (Wildman–Crippen MR) is 122 cm³/mol. The molecule has 0 aliphatic carbocycles. The summed E-state index contributed by atoms with van der Waals surface area (Å²) in [6.07, 6.45) is 0.299. The van der Waals surface area contributed by atoms with Crippen LogP contribution in [0.4, 0.5) is 0 Å². The Balaban J connectivity index is 1.58. The molecule has 0 saturated carbocycles. The first-order valence-electron chi connectivity index (χ1n) is 10.7. The summed E-state index contributed by atoms with van der Waals surface area (Å²) in [5, 5.41) is 0. The minimum atomic E-state index is -3.56. The standard InChI is InChI=1S/C24H32N2O4S/c1-5-30-21-10-6-19(7-11-21)18-23(27)25-14-16-26(17-15-25)31(28,29)22-12-8-20(9-13-22)24(2,3)4/h6-13H,5,14-18H2,1-4H3. The lowest BCUT2D eigenvalue weighted by atomic mass is 9.87. The second-order valence-corrected chi connectivity index (χ2v) is 10.8. The first-order valence-corrected chi connectivity index (χ1v) is 12.2. The molecule has 0 radical (unpaired) electrons. The average Bonchev–Trinajstić information content (AvgIpc) is 2.75. The molecule has 2 aromatic carbocycles. The van der Waals surface area contributed by atoms with Gasteiger partial charge in [-0.25, -0.2) is 8.42 Å². The molecule has 0 aromatic heterocycles. The number of piperazine rings is 1. The van der Waals surface area contributed by atoms with Crippen LogP contribution in [0.2, 0.25) is 0 Å². The van der Waals surface area contributed by atoms with Crippen molar-refractivity contribution in [1.82, 2.24) is 9.21 Å². The van der Waals surface area contributed by atoms with E-state index < -0.39 is 10.0 Å². The molecule has 1 heterocycles. The van der Waals surface area contributed by atoms with Crippen LogP contribution in [0.3, 0.4) is 0 Å². The van der Waals surface area contributed by atoms with E-state index in [1.807, 2.05) is 43.3 Å². The van der Waals surface area contributed by atoms with Gasteiger partial charge in [0.2, 0.25) is 15.9 Å². The molecule has 2 aromatic rings. The Morgan fingerprint density at radius 3 is 2.03 bits per heavy atom. The molecule has 1 aliphatic heterocycles. The number of rotatable bonds is 6. The summed E-state index contributed by atoms with van der Waals surface area (Å²) < 4.78 is 32.9. The van der Waals surface area contributed by atoms with Crippen molar-refractivity contribution >= 4 is 15.9 Å². The molecule has 31 heavy (non-hydrogen) atoms. The maximum absolute atomic E-state index is 13.0. The molecule has 7 heteroatoms. The normalized spacial score (nSPS) is 15.7. The van der Waals surface area contributed by atoms with Gasteiger partial charge in [-0.1, -0.05) is 45.0 Å². The molecule has 0 atom stereocenters. The van der Waals surface area contributed by atoms with E-state index in [2.05, 4.69) is 20.8 Å². The Morgan fingerprint density at radius 2 is 1.52 bits per heavy atom. The van der Waals surface area contributed by atoms with Crippen LogP contribution in [0.1, 0.15) is 38.8 Å². The minimum Gasteiger partial charge on any atom is -0.494 e. The third kappa shape index (κ3) is 5.66. The fourth-order valence-electron chi connectivity index (χ4n) is 3.61. The number of amides is 1. The van der Waals surface area contributed by atoms with Gasteiger partial charge in [0.25, 0.3) is 0 Å². The second-order valence-electron chi connectivity index (χ2n) is 8.81. The summed E-state index contributed by atoms with van der Waals surface area (Å²) in [6, 6.07) is 14.6. The van der Waals surface area contributed by atoms with E-state index in [4.69, 9.17) is 4.74 Å². The van der Waals surface area contributed by atoms with Gasteiger partial charge in [-0.3, -0.25) is 4.79 Å². The van der Waals surface area contributed by atoms with E-state index in [0.29, 0.717) is 44.1 Å². The van der Waals surface area contributed by atoms with Crippen molar-refractivity contribution in [2.75, 3.05) is 32.8 Å². The number of sulfonamides is 1. The number of hydrogen-bond donors (Lipinski definition) is 0. The molecular weight excluding hydrogens is 412 g/mol. The second kappa shape index (κ2) is 9.40. The summed E-state index contributed by atoms with van der Waals surface area (Å²) in [5.74, 6) is 0.795. The van der Waals surface area contributed by atoms with Crippen molar-refractivity contribution in [3.8, 4) is 5.75 Å². The predicted octanol–water partition coefficient (Wildman–Crippen LogP) is 3.46. The maximum Gasteiger partial charge on any atom is 0.243 e. The number of ether oxygens (including phenoxy) is 1. The number of benzene rings is 2. The first-order chi connectivity index (χ1) is 14.6. The highest BCUT2D eigenvalue weighted by Gasteiger charge is 2.30.